The molecule has 0 saturated carbocycles. The summed E-state index contributed by atoms with van der Waals surface area (Å²) in [7, 11) is -3.63. The molecule has 0 aliphatic carbocycles. The van der Waals surface area contributed by atoms with Crippen molar-refractivity contribution in [2.45, 2.75) is 90.8 Å². The third-order valence-electron chi connectivity index (χ3n) is 5.59. The van der Waals surface area contributed by atoms with Crippen molar-refractivity contribution in [2.75, 3.05) is 11.0 Å². The van der Waals surface area contributed by atoms with Gasteiger partial charge in [-0.05, 0) is 64.8 Å². The van der Waals surface area contributed by atoms with Gasteiger partial charge in [0.1, 0.15) is 11.4 Å². The number of carbonyl (C=O) groups excluding carboxylic acids is 1. The lowest BCUT2D eigenvalue weighted by Gasteiger charge is -2.39. The summed E-state index contributed by atoms with van der Waals surface area (Å²) in [6, 6.07) is 5.78. The Balaban J connectivity index is 2.00. The van der Waals surface area contributed by atoms with Crippen molar-refractivity contribution in [1.29, 1.82) is 0 Å². The van der Waals surface area contributed by atoms with E-state index in [4.69, 9.17) is 14.2 Å². The molecule has 1 aromatic heterocycles. The Morgan fingerprint density at radius 3 is 2.41 bits per heavy atom. The van der Waals surface area contributed by atoms with Gasteiger partial charge in [0.15, 0.2) is 5.79 Å². The van der Waals surface area contributed by atoms with Crippen molar-refractivity contribution in [2.24, 2.45) is 0 Å². The molecule has 1 aliphatic rings. The van der Waals surface area contributed by atoms with Gasteiger partial charge in [-0.1, -0.05) is 26.0 Å². The van der Waals surface area contributed by atoms with Gasteiger partial charge in [0.05, 0.1) is 36.3 Å². The molecule has 0 spiro atoms. The van der Waals surface area contributed by atoms with Crippen LogP contribution in [0.15, 0.2) is 30.3 Å². The topological polar surface area (TPSA) is 117 Å². The van der Waals surface area contributed by atoms with Crippen molar-refractivity contribution in [1.82, 2.24) is 9.97 Å². The normalized spacial score (nSPS) is 19.8. The molecule has 0 bridgehead atoms. The van der Waals surface area contributed by atoms with Gasteiger partial charge in [-0.25, -0.2) is 22.8 Å². The van der Waals surface area contributed by atoms with Gasteiger partial charge in [0, 0.05) is 17.5 Å². The van der Waals surface area contributed by atoms with Crippen LogP contribution in [0.1, 0.15) is 78.5 Å². The SMILES string of the molecule is CC(C)c1nc(NS(C)(=O)=O)nc(-c2ccc(F)cc2)c1/C=C/[C@H]1C[C@@H](CC(=O)OC(C)(C)C)OC(C)(C)O1. The number of carbonyl (C=O) groups is 1. The third-order valence-corrected chi connectivity index (χ3v) is 6.14. The first-order valence-corrected chi connectivity index (χ1v) is 14.7. The maximum atomic E-state index is 13.7. The van der Waals surface area contributed by atoms with Gasteiger partial charge in [0.2, 0.25) is 16.0 Å². The summed E-state index contributed by atoms with van der Waals surface area (Å²) >= 11 is 0. The van der Waals surface area contributed by atoms with E-state index in [9.17, 15) is 17.6 Å². The molecule has 11 heteroatoms. The number of benzene rings is 1. The van der Waals surface area contributed by atoms with Gasteiger partial charge in [0.25, 0.3) is 0 Å². The van der Waals surface area contributed by atoms with Gasteiger partial charge >= 0.3 is 5.97 Å². The van der Waals surface area contributed by atoms with Crippen molar-refractivity contribution >= 4 is 28.0 Å². The average molecular weight is 564 g/mol. The molecule has 0 amide bonds. The highest BCUT2D eigenvalue weighted by atomic mass is 32.2. The van der Waals surface area contributed by atoms with Gasteiger partial charge < -0.3 is 14.2 Å². The molecule has 1 aromatic carbocycles. The highest BCUT2D eigenvalue weighted by Gasteiger charge is 2.36. The first-order chi connectivity index (χ1) is 17.9. The fourth-order valence-electron chi connectivity index (χ4n) is 4.29. The van der Waals surface area contributed by atoms with Gasteiger partial charge in [-0.2, -0.15) is 0 Å². The second-order valence-corrected chi connectivity index (χ2v) is 13.2. The van der Waals surface area contributed by atoms with Crippen molar-refractivity contribution in [3.63, 3.8) is 0 Å². The average Bonchev–Trinajstić information content (AvgIpc) is 2.74. The molecular weight excluding hydrogens is 525 g/mol. The number of nitrogens with zero attached hydrogens (tertiary/aromatic N) is 2. The Morgan fingerprint density at radius 1 is 1.21 bits per heavy atom. The lowest BCUT2D eigenvalue weighted by Crippen LogP contribution is -2.45. The molecule has 39 heavy (non-hydrogen) atoms. The van der Waals surface area contributed by atoms with Crippen LogP contribution in [0.2, 0.25) is 0 Å². The van der Waals surface area contributed by atoms with Crippen LogP contribution in [-0.2, 0) is 29.0 Å². The van der Waals surface area contributed by atoms with E-state index >= 15 is 0 Å². The summed E-state index contributed by atoms with van der Waals surface area (Å²) in [4.78, 5) is 21.4. The predicted octanol–water partition coefficient (Wildman–Crippen LogP) is 5.43. The van der Waals surface area contributed by atoms with E-state index in [-0.39, 0.29) is 24.3 Å². The Labute approximate surface area is 230 Å². The highest BCUT2D eigenvalue weighted by molar-refractivity contribution is 7.91. The molecule has 3 rings (SSSR count). The third kappa shape index (κ3) is 9.36. The molecule has 2 aromatic rings. The van der Waals surface area contributed by atoms with Crippen LogP contribution in [0.5, 0.6) is 0 Å². The summed E-state index contributed by atoms with van der Waals surface area (Å²) in [5.74, 6) is -1.87. The summed E-state index contributed by atoms with van der Waals surface area (Å²) in [6.45, 7) is 12.9. The number of ether oxygens (including phenoxy) is 3. The van der Waals surface area contributed by atoms with E-state index in [0.717, 1.165) is 6.26 Å². The molecule has 1 saturated heterocycles. The number of hydrogen-bond acceptors (Lipinski definition) is 8. The second-order valence-electron chi connectivity index (χ2n) is 11.4. The largest absolute Gasteiger partial charge is 0.460 e. The van der Waals surface area contributed by atoms with E-state index in [0.29, 0.717) is 28.9 Å². The van der Waals surface area contributed by atoms with Crippen molar-refractivity contribution < 1.29 is 31.8 Å². The number of hydrogen-bond donors (Lipinski definition) is 1. The van der Waals surface area contributed by atoms with Crippen LogP contribution in [0.25, 0.3) is 17.3 Å². The summed E-state index contributed by atoms with van der Waals surface area (Å²) in [5, 5.41) is 0. The minimum Gasteiger partial charge on any atom is -0.460 e. The first-order valence-electron chi connectivity index (χ1n) is 12.8. The number of anilines is 1. The number of sulfonamides is 1. The maximum Gasteiger partial charge on any atom is 0.308 e. The zero-order valence-corrected chi connectivity index (χ0v) is 24.6. The second kappa shape index (κ2) is 11.7. The molecular formula is C28H38FN3O6S. The van der Waals surface area contributed by atoms with E-state index in [2.05, 4.69) is 14.7 Å². The predicted molar refractivity (Wildman–Crippen MR) is 148 cm³/mol. The molecule has 2 atom stereocenters. The Bertz CT molecular complexity index is 1320. The van der Waals surface area contributed by atoms with E-state index in [1.54, 1.807) is 26.0 Å². The number of halogens is 1. The monoisotopic (exact) mass is 563 g/mol. The quantitative estimate of drug-likeness (QED) is 0.423. The van der Waals surface area contributed by atoms with Crippen LogP contribution < -0.4 is 4.72 Å². The highest BCUT2D eigenvalue weighted by Crippen LogP contribution is 2.33. The lowest BCUT2D eigenvalue weighted by atomic mass is 9.97. The summed E-state index contributed by atoms with van der Waals surface area (Å²) in [6.07, 6.45) is 4.38. The molecule has 0 radical (unpaired) electrons. The van der Waals surface area contributed by atoms with Crippen LogP contribution in [0.3, 0.4) is 0 Å². The molecule has 1 fully saturated rings. The van der Waals surface area contributed by atoms with Crippen LogP contribution in [0.4, 0.5) is 10.3 Å². The minimum atomic E-state index is -3.63. The van der Waals surface area contributed by atoms with Gasteiger partial charge in [-0.3, -0.25) is 9.52 Å². The van der Waals surface area contributed by atoms with E-state index in [1.165, 1.54) is 12.1 Å². The fraction of sp³-hybridized carbons (Fsp3) is 0.536. The Kier molecular flexibility index (Phi) is 9.19. The molecule has 1 aliphatic heterocycles. The Morgan fingerprint density at radius 2 is 1.85 bits per heavy atom. The fourth-order valence-corrected chi connectivity index (χ4v) is 4.72. The summed E-state index contributed by atoms with van der Waals surface area (Å²) in [5.41, 5.74) is 1.68. The lowest BCUT2D eigenvalue weighted by molar-refractivity contribution is -0.290. The minimum absolute atomic E-state index is 0.0708. The number of aromatic nitrogens is 2. The number of rotatable bonds is 8. The smallest absolute Gasteiger partial charge is 0.308 e. The number of nitrogens with one attached hydrogen (secondary N) is 1. The van der Waals surface area contributed by atoms with Crippen LogP contribution in [0, 0.1) is 5.82 Å². The molecule has 0 unspecified atom stereocenters. The zero-order chi connectivity index (χ0) is 29.2. The Hall–Kier alpha value is -2.89. The first kappa shape index (κ1) is 30.6. The maximum absolute atomic E-state index is 13.7. The van der Waals surface area contributed by atoms with E-state index < -0.39 is 39.4 Å². The molecule has 9 nitrogen and oxygen atoms in total. The van der Waals surface area contributed by atoms with Crippen LogP contribution in [-0.4, -0.2) is 54.2 Å². The molecule has 214 valence electrons. The summed E-state index contributed by atoms with van der Waals surface area (Å²) < 4.78 is 57.5. The van der Waals surface area contributed by atoms with Gasteiger partial charge in [-0.15, -0.1) is 0 Å². The standard InChI is InChI=1S/C28H38FN3O6S/c1-17(2)24-22(25(18-9-11-19(29)12-10-18)31-26(30-24)32-39(8,34)35)14-13-20-15-21(37-28(6,7)36-20)16-23(33)38-27(3,4)5/h9-14,17,20-21H,15-16H2,1-8H3,(H,30,31,32)/b14-13+/t20-,21-/m0/s1. The van der Waals surface area contributed by atoms with Crippen molar-refractivity contribution in [3.8, 4) is 11.3 Å². The van der Waals surface area contributed by atoms with Crippen LogP contribution >= 0.6 is 0 Å². The molecule has 1 N–H and O–H groups in total. The zero-order valence-electron chi connectivity index (χ0n) is 23.7. The molecule has 2 heterocycles. The van der Waals surface area contributed by atoms with Crippen molar-refractivity contribution in [3.05, 3.63) is 47.4 Å². The number of esters is 1. The van der Waals surface area contributed by atoms with E-state index in [1.807, 2.05) is 46.8 Å².